The number of methoxy groups -OCH3 is 1. The van der Waals surface area contributed by atoms with Crippen LogP contribution in [0.3, 0.4) is 0 Å². The summed E-state index contributed by atoms with van der Waals surface area (Å²) in [6, 6.07) is 8.04. The van der Waals surface area contributed by atoms with Gasteiger partial charge < -0.3 is 9.47 Å². The molecule has 1 heterocycles. The molecule has 0 radical (unpaired) electrons. The van der Waals surface area contributed by atoms with Crippen molar-refractivity contribution >= 4 is 5.90 Å². The van der Waals surface area contributed by atoms with E-state index in [4.69, 9.17) is 9.47 Å². The molecule has 0 bridgehead atoms. The summed E-state index contributed by atoms with van der Waals surface area (Å²) in [6.45, 7) is 8.79. The number of hydrogen-bond donors (Lipinski definition) is 0. The van der Waals surface area contributed by atoms with Gasteiger partial charge in [0.1, 0.15) is 18.4 Å². The summed E-state index contributed by atoms with van der Waals surface area (Å²) in [5.41, 5.74) is 1.10. The molecule has 3 heteroatoms. The number of aliphatic imine (C=N–C) groups is 1. The standard InChI is InChI=1S/C13H17NO2.C2H6/c1-9(2)13-14-11(8-16-13)10-6-4-5-7-12(10)15-3;1-2/h4-7,9,11H,8H2,1-3H3;1-2H3. The Morgan fingerprint density at radius 3 is 2.50 bits per heavy atom. The first-order valence-electron chi connectivity index (χ1n) is 6.55. The van der Waals surface area contributed by atoms with Crippen molar-refractivity contribution in [3.63, 3.8) is 0 Å². The molecule has 0 saturated carbocycles. The van der Waals surface area contributed by atoms with Crippen LogP contribution >= 0.6 is 0 Å². The van der Waals surface area contributed by atoms with Gasteiger partial charge in [-0.2, -0.15) is 0 Å². The van der Waals surface area contributed by atoms with E-state index in [9.17, 15) is 0 Å². The molecule has 0 amide bonds. The molecule has 2 rings (SSSR count). The van der Waals surface area contributed by atoms with Crippen molar-refractivity contribution < 1.29 is 9.47 Å². The normalized spacial score (nSPS) is 17.7. The highest BCUT2D eigenvalue weighted by Crippen LogP contribution is 2.31. The van der Waals surface area contributed by atoms with Crippen LogP contribution in [0.4, 0.5) is 0 Å². The number of hydrogen-bond acceptors (Lipinski definition) is 3. The largest absolute Gasteiger partial charge is 0.496 e. The molecule has 1 unspecified atom stereocenters. The number of nitrogens with zero attached hydrogens (tertiary/aromatic N) is 1. The first-order valence-corrected chi connectivity index (χ1v) is 6.55. The maximum Gasteiger partial charge on any atom is 0.186 e. The number of para-hydroxylation sites is 1. The Labute approximate surface area is 110 Å². The van der Waals surface area contributed by atoms with Gasteiger partial charge in [0.15, 0.2) is 5.90 Å². The monoisotopic (exact) mass is 249 g/mol. The molecule has 0 fully saturated rings. The molecule has 100 valence electrons. The molecule has 1 aromatic rings. The Morgan fingerprint density at radius 1 is 1.28 bits per heavy atom. The van der Waals surface area contributed by atoms with Gasteiger partial charge in [0.05, 0.1) is 7.11 Å². The van der Waals surface area contributed by atoms with Crippen LogP contribution in [-0.2, 0) is 4.74 Å². The Hall–Kier alpha value is -1.51. The highest BCUT2D eigenvalue weighted by Gasteiger charge is 2.24. The van der Waals surface area contributed by atoms with Crippen LogP contribution in [-0.4, -0.2) is 19.6 Å². The number of rotatable bonds is 3. The van der Waals surface area contributed by atoms with Crippen molar-refractivity contribution in [3.05, 3.63) is 29.8 Å². The molecule has 1 atom stereocenters. The molecule has 1 aliphatic rings. The van der Waals surface area contributed by atoms with Crippen LogP contribution in [0.1, 0.15) is 39.3 Å². The van der Waals surface area contributed by atoms with E-state index in [1.54, 1.807) is 7.11 Å². The van der Waals surface area contributed by atoms with E-state index in [-0.39, 0.29) is 6.04 Å². The van der Waals surface area contributed by atoms with Crippen molar-refractivity contribution in [1.82, 2.24) is 0 Å². The second-order valence-corrected chi connectivity index (χ2v) is 4.19. The first-order chi connectivity index (χ1) is 8.72. The van der Waals surface area contributed by atoms with E-state index in [0.717, 1.165) is 17.2 Å². The molecule has 0 N–H and O–H groups in total. The molecule has 1 aliphatic heterocycles. The Kier molecular flexibility index (Phi) is 5.69. The maximum absolute atomic E-state index is 5.58. The van der Waals surface area contributed by atoms with Crippen LogP contribution in [0.25, 0.3) is 0 Å². The SMILES string of the molecule is CC.COc1ccccc1C1COC(C(C)C)=N1. The van der Waals surface area contributed by atoms with E-state index in [1.165, 1.54) is 0 Å². The lowest BCUT2D eigenvalue weighted by Crippen LogP contribution is -2.06. The lowest BCUT2D eigenvalue weighted by Gasteiger charge is -2.10. The molecule has 1 aromatic carbocycles. The molecular formula is C15H23NO2. The van der Waals surface area contributed by atoms with Gasteiger partial charge >= 0.3 is 0 Å². The van der Waals surface area contributed by atoms with Crippen LogP contribution in [0, 0.1) is 5.92 Å². The smallest absolute Gasteiger partial charge is 0.186 e. The van der Waals surface area contributed by atoms with E-state index in [2.05, 4.69) is 18.8 Å². The van der Waals surface area contributed by atoms with E-state index < -0.39 is 0 Å². The Morgan fingerprint density at radius 2 is 1.94 bits per heavy atom. The van der Waals surface area contributed by atoms with Gasteiger partial charge in [-0.05, 0) is 6.07 Å². The molecule has 0 aromatic heterocycles. The second-order valence-electron chi connectivity index (χ2n) is 4.19. The fraction of sp³-hybridized carbons (Fsp3) is 0.533. The van der Waals surface area contributed by atoms with Gasteiger partial charge in [-0.15, -0.1) is 0 Å². The molecule has 0 spiro atoms. The zero-order valence-electron chi connectivity index (χ0n) is 11.9. The minimum absolute atomic E-state index is 0.0774. The summed E-state index contributed by atoms with van der Waals surface area (Å²) < 4.78 is 10.9. The predicted octanol–water partition coefficient (Wildman–Crippen LogP) is 3.85. The van der Waals surface area contributed by atoms with E-state index in [1.807, 2.05) is 38.1 Å². The summed E-state index contributed by atoms with van der Waals surface area (Å²) in [4.78, 5) is 4.58. The second kappa shape index (κ2) is 7.04. The van der Waals surface area contributed by atoms with E-state index >= 15 is 0 Å². The fourth-order valence-corrected chi connectivity index (χ4v) is 1.81. The average molecular weight is 249 g/mol. The van der Waals surface area contributed by atoms with Crippen molar-refractivity contribution in [1.29, 1.82) is 0 Å². The Bertz CT molecular complexity index is 399. The van der Waals surface area contributed by atoms with Crippen molar-refractivity contribution in [2.24, 2.45) is 10.9 Å². The quantitative estimate of drug-likeness (QED) is 0.814. The number of ether oxygens (including phenoxy) is 2. The minimum atomic E-state index is 0.0774. The van der Waals surface area contributed by atoms with E-state index in [0.29, 0.717) is 12.5 Å². The predicted molar refractivity (Wildman–Crippen MR) is 75.3 cm³/mol. The van der Waals surface area contributed by atoms with Gasteiger partial charge in [-0.25, -0.2) is 4.99 Å². The zero-order valence-corrected chi connectivity index (χ0v) is 11.9. The molecule has 0 saturated heterocycles. The van der Waals surface area contributed by atoms with Crippen molar-refractivity contribution in [3.8, 4) is 5.75 Å². The van der Waals surface area contributed by atoms with Gasteiger partial charge in [0, 0.05) is 11.5 Å². The van der Waals surface area contributed by atoms with Gasteiger partial charge in [0.25, 0.3) is 0 Å². The highest BCUT2D eigenvalue weighted by atomic mass is 16.5. The summed E-state index contributed by atoms with van der Waals surface area (Å²) >= 11 is 0. The molecular weight excluding hydrogens is 226 g/mol. The van der Waals surface area contributed by atoms with Crippen LogP contribution in [0.2, 0.25) is 0 Å². The summed E-state index contributed by atoms with van der Waals surface area (Å²) in [5.74, 6) is 2.07. The summed E-state index contributed by atoms with van der Waals surface area (Å²) in [7, 11) is 1.68. The Balaban J connectivity index is 0.000000771. The van der Waals surface area contributed by atoms with Crippen molar-refractivity contribution in [2.45, 2.75) is 33.7 Å². The van der Waals surface area contributed by atoms with Gasteiger partial charge in [-0.1, -0.05) is 45.9 Å². The summed E-state index contributed by atoms with van der Waals surface area (Å²) in [5, 5.41) is 0. The lowest BCUT2D eigenvalue weighted by atomic mass is 10.1. The van der Waals surface area contributed by atoms with Gasteiger partial charge in [-0.3, -0.25) is 0 Å². The third-order valence-electron chi connectivity index (χ3n) is 2.66. The third kappa shape index (κ3) is 3.25. The van der Waals surface area contributed by atoms with Crippen LogP contribution in [0.15, 0.2) is 29.3 Å². The molecule has 0 aliphatic carbocycles. The van der Waals surface area contributed by atoms with Crippen LogP contribution < -0.4 is 4.74 Å². The minimum Gasteiger partial charge on any atom is -0.496 e. The molecule has 3 nitrogen and oxygen atoms in total. The van der Waals surface area contributed by atoms with Crippen molar-refractivity contribution in [2.75, 3.05) is 13.7 Å². The fourth-order valence-electron chi connectivity index (χ4n) is 1.81. The first kappa shape index (κ1) is 14.6. The highest BCUT2D eigenvalue weighted by molar-refractivity contribution is 5.79. The lowest BCUT2D eigenvalue weighted by molar-refractivity contribution is 0.300. The summed E-state index contributed by atoms with van der Waals surface area (Å²) in [6.07, 6.45) is 0. The van der Waals surface area contributed by atoms with Gasteiger partial charge in [0.2, 0.25) is 0 Å². The average Bonchev–Trinajstić information content (AvgIpc) is 2.90. The number of benzene rings is 1. The van der Waals surface area contributed by atoms with Crippen LogP contribution in [0.5, 0.6) is 5.75 Å². The molecule has 18 heavy (non-hydrogen) atoms. The maximum atomic E-state index is 5.58. The topological polar surface area (TPSA) is 30.8 Å². The zero-order chi connectivity index (χ0) is 13.5. The third-order valence-corrected chi connectivity index (χ3v) is 2.66.